The molecule has 4 heteroatoms. The molecule has 0 bridgehead atoms. The summed E-state index contributed by atoms with van der Waals surface area (Å²) >= 11 is 0. The van der Waals surface area contributed by atoms with Crippen LogP contribution < -0.4 is 10.6 Å². The van der Waals surface area contributed by atoms with Gasteiger partial charge in [-0.1, -0.05) is 54.6 Å². The van der Waals surface area contributed by atoms with E-state index in [2.05, 4.69) is 47.0 Å². The molecule has 0 aliphatic heterocycles. The van der Waals surface area contributed by atoms with Crippen molar-refractivity contribution in [1.29, 1.82) is 0 Å². The second kappa shape index (κ2) is 6.95. The number of benzene rings is 2. The maximum Gasteiger partial charge on any atom is 0.234 e. The maximum atomic E-state index is 12.2. The number of carbonyl (C=O) groups excluding carboxylic acids is 1. The molecule has 0 saturated heterocycles. The van der Waals surface area contributed by atoms with Crippen LogP contribution in [0.3, 0.4) is 0 Å². The summed E-state index contributed by atoms with van der Waals surface area (Å²) in [7, 11) is 1.79. The third kappa shape index (κ3) is 3.16. The lowest BCUT2D eigenvalue weighted by Gasteiger charge is -2.31. The van der Waals surface area contributed by atoms with Gasteiger partial charge in [0.2, 0.25) is 5.91 Å². The molecule has 0 atom stereocenters. The summed E-state index contributed by atoms with van der Waals surface area (Å²) in [5, 5.41) is 6.17. The van der Waals surface area contributed by atoms with Crippen LogP contribution in [0.1, 0.15) is 16.7 Å². The van der Waals surface area contributed by atoms with Gasteiger partial charge in [-0.25, -0.2) is 0 Å². The van der Waals surface area contributed by atoms with Gasteiger partial charge in [-0.15, -0.1) is 12.4 Å². The molecule has 0 fully saturated rings. The molecule has 116 valence electrons. The van der Waals surface area contributed by atoms with Crippen LogP contribution in [-0.2, 0) is 23.2 Å². The molecule has 2 aromatic rings. The standard InChI is InChI=1S/C18H20N2O.ClH/c1-19-13-17(21)20-18(16-9-3-2-4-10-16)11-14-7-5-6-8-15(14)12-18;/h2-10,19H,11-13H2,1H3,(H,20,21);1H. The van der Waals surface area contributed by atoms with Crippen LogP contribution in [0.5, 0.6) is 0 Å². The van der Waals surface area contributed by atoms with Crippen LogP contribution in [-0.4, -0.2) is 19.5 Å². The molecule has 2 aromatic carbocycles. The highest BCUT2D eigenvalue weighted by Crippen LogP contribution is 2.37. The fourth-order valence-electron chi connectivity index (χ4n) is 3.21. The molecule has 0 unspecified atom stereocenters. The fourth-order valence-corrected chi connectivity index (χ4v) is 3.21. The molecule has 1 aliphatic rings. The predicted octanol–water partition coefficient (Wildman–Crippen LogP) is 2.44. The highest BCUT2D eigenvalue weighted by Gasteiger charge is 2.39. The molecular weight excluding hydrogens is 296 g/mol. The van der Waals surface area contributed by atoms with E-state index in [-0.39, 0.29) is 23.9 Å². The predicted molar refractivity (Wildman–Crippen MR) is 91.3 cm³/mol. The first-order valence-corrected chi connectivity index (χ1v) is 7.31. The Labute approximate surface area is 137 Å². The number of hydrogen-bond donors (Lipinski definition) is 2. The van der Waals surface area contributed by atoms with Crippen molar-refractivity contribution in [3.05, 3.63) is 71.3 Å². The van der Waals surface area contributed by atoms with Crippen molar-refractivity contribution in [2.45, 2.75) is 18.4 Å². The quantitative estimate of drug-likeness (QED) is 0.909. The van der Waals surface area contributed by atoms with E-state index < -0.39 is 0 Å². The van der Waals surface area contributed by atoms with Crippen molar-refractivity contribution in [3.8, 4) is 0 Å². The van der Waals surface area contributed by atoms with E-state index >= 15 is 0 Å². The molecular formula is C18H21ClN2O. The minimum Gasteiger partial charge on any atom is -0.345 e. The highest BCUT2D eigenvalue weighted by molar-refractivity contribution is 5.85. The molecule has 0 saturated carbocycles. The van der Waals surface area contributed by atoms with Crippen LogP contribution in [0, 0.1) is 0 Å². The van der Waals surface area contributed by atoms with Gasteiger partial charge in [0.05, 0.1) is 12.1 Å². The average molecular weight is 317 g/mol. The van der Waals surface area contributed by atoms with Crippen molar-refractivity contribution >= 4 is 18.3 Å². The molecule has 1 aliphatic carbocycles. The Morgan fingerprint density at radius 2 is 1.55 bits per heavy atom. The molecule has 3 rings (SSSR count). The Morgan fingerprint density at radius 3 is 2.09 bits per heavy atom. The summed E-state index contributed by atoms with van der Waals surface area (Å²) in [6.45, 7) is 0.338. The van der Waals surface area contributed by atoms with E-state index in [1.165, 1.54) is 16.7 Å². The first kappa shape index (κ1) is 16.5. The second-order valence-electron chi connectivity index (χ2n) is 5.65. The van der Waals surface area contributed by atoms with Crippen molar-refractivity contribution in [3.63, 3.8) is 0 Å². The van der Waals surface area contributed by atoms with Crippen LogP contribution >= 0.6 is 12.4 Å². The van der Waals surface area contributed by atoms with E-state index in [4.69, 9.17) is 0 Å². The third-order valence-electron chi connectivity index (χ3n) is 4.15. The summed E-state index contributed by atoms with van der Waals surface area (Å²) in [5.41, 5.74) is 3.50. The first-order valence-electron chi connectivity index (χ1n) is 7.31. The molecule has 22 heavy (non-hydrogen) atoms. The van der Waals surface area contributed by atoms with Gasteiger partial charge in [0.1, 0.15) is 0 Å². The second-order valence-corrected chi connectivity index (χ2v) is 5.65. The van der Waals surface area contributed by atoms with Gasteiger partial charge in [-0.3, -0.25) is 4.79 Å². The largest absolute Gasteiger partial charge is 0.345 e. The van der Waals surface area contributed by atoms with E-state index in [1.807, 2.05) is 18.2 Å². The van der Waals surface area contributed by atoms with Crippen LogP contribution in [0.25, 0.3) is 0 Å². The van der Waals surface area contributed by atoms with Gasteiger partial charge >= 0.3 is 0 Å². The minimum atomic E-state index is -0.321. The Hall–Kier alpha value is -1.84. The normalized spacial score (nSPS) is 14.8. The van der Waals surface area contributed by atoms with Gasteiger partial charge in [0.15, 0.2) is 0 Å². The van der Waals surface area contributed by atoms with Crippen LogP contribution in [0.15, 0.2) is 54.6 Å². The Bertz CT molecular complexity index is 618. The third-order valence-corrected chi connectivity index (χ3v) is 4.15. The molecule has 0 spiro atoms. The van der Waals surface area contributed by atoms with Crippen LogP contribution in [0.4, 0.5) is 0 Å². The molecule has 2 N–H and O–H groups in total. The lowest BCUT2D eigenvalue weighted by atomic mass is 9.86. The number of likely N-dealkylation sites (N-methyl/N-ethyl adjacent to an activating group) is 1. The van der Waals surface area contributed by atoms with Crippen molar-refractivity contribution in [1.82, 2.24) is 10.6 Å². The first-order chi connectivity index (χ1) is 10.2. The molecule has 0 aromatic heterocycles. The summed E-state index contributed by atoms with van der Waals surface area (Å²) in [4.78, 5) is 12.2. The lowest BCUT2D eigenvalue weighted by Crippen LogP contribution is -2.49. The van der Waals surface area contributed by atoms with Gasteiger partial charge in [0, 0.05) is 12.8 Å². The number of halogens is 1. The molecule has 1 amide bonds. The fraction of sp³-hybridized carbons (Fsp3) is 0.278. The zero-order valence-electron chi connectivity index (χ0n) is 12.6. The molecule has 0 heterocycles. The van der Waals surface area contributed by atoms with Gasteiger partial charge in [0.25, 0.3) is 0 Å². The zero-order valence-corrected chi connectivity index (χ0v) is 13.5. The average Bonchev–Trinajstić information content (AvgIpc) is 2.87. The number of nitrogens with one attached hydrogen (secondary N) is 2. The number of hydrogen-bond acceptors (Lipinski definition) is 2. The maximum absolute atomic E-state index is 12.2. The number of amides is 1. The topological polar surface area (TPSA) is 41.1 Å². The number of rotatable bonds is 4. The zero-order chi connectivity index (χ0) is 14.7. The van der Waals surface area contributed by atoms with Crippen molar-refractivity contribution in [2.24, 2.45) is 0 Å². The highest BCUT2D eigenvalue weighted by atomic mass is 35.5. The van der Waals surface area contributed by atoms with Crippen LogP contribution in [0.2, 0.25) is 0 Å². The summed E-state index contributed by atoms with van der Waals surface area (Å²) in [5.74, 6) is 0.0363. The Kier molecular flexibility index (Phi) is 5.22. The summed E-state index contributed by atoms with van der Waals surface area (Å²) in [6.07, 6.45) is 1.70. The van der Waals surface area contributed by atoms with E-state index in [0.29, 0.717) is 6.54 Å². The van der Waals surface area contributed by atoms with E-state index in [0.717, 1.165) is 12.8 Å². The number of fused-ring (bicyclic) bond motifs is 1. The lowest BCUT2D eigenvalue weighted by molar-refractivity contribution is -0.122. The van der Waals surface area contributed by atoms with E-state index in [1.54, 1.807) is 7.05 Å². The summed E-state index contributed by atoms with van der Waals surface area (Å²) in [6, 6.07) is 18.7. The molecule has 3 nitrogen and oxygen atoms in total. The smallest absolute Gasteiger partial charge is 0.234 e. The summed E-state index contributed by atoms with van der Waals surface area (Å²) < 4.78 is 0. The SMILES string of the molecule is CNCC(=O)NC1(c2ccccc2)Cc2ccccc2C1.Cl. The van der Waals surface area contributed by atoms with Crippen molar-refractivity contribution in [2.75, 3.05) is 13.6 Å². The van der Waals surface area contributed by atoms with E-state index in [9.17, 15) is 4.79 Å². The van der Waals surface area contributed by atoms with Gasteiger partial charge in [-0.05, 0) is 23.7 Å². The minimum absolute atomic E-state index is 0. The number of carbonyl (C=O) groups is 1. The molecule has 0 radical (unpaired) electrons. The Morgan fingerprint density at radius 1 is 1.00 bits per heavy atom. The van der Waals surface area contributed by atoms with Gasteiger partial charge in [-0.2, -0.15) is 0 Å². The van der Waals surface area contributed by atoms with Crippen molar-refractivity contribution < 1.29 is 4.79 Å². The Balaban J connectivity index is 0.00000176. The monoisotopic (exact) mass is 316 g/mol. The van der Waals surface area contributed by atoms with Gasteiger partial charge < -0.3 is 10.6 Å².